The quantitative estimate of drug-likeness (QED) is 0.680. The predicted molar refractivity (Wildman–Crippen MR) is 110 cm³/mol. The van der Waals surface area contributed by atoms with Crippen LogP contribution in [0, 0.1) is 19.8 Å². The molecule has 1 aliphatic rings. The molecule has 2 aromatic carbocycles. The lowest BCUT2D eigenvalue weighted by atomic mass is 10.1. The van der Waals surface area contributed by atoms with E-state index in [2.05, 4.69) is 16.2 Å². The SMILES string of the molecule is Cc1ccc(CNC(=O)C2CNNC2S(=O)(=O)N(C)c2ccc(C)cc2)cc1. The van der Waals surface area contributed by atoms with Crippen LogP contribution in [0.5, 0.6) is 0 Å². The van der Waals surface area contributed by atoms with Crippen LogP contribution in [0.2, 0.25) is 0 Å². The molecular weight excluding hydrogens is 376 g/mol. The summed E-state index contributed by atoms with van der Waals surface area (Å²) in [5.74, 6) is -1.03. The Labute approximate surface area is 166 Å². The van der Waals surface area contributed by atoms with Crippen molar-refractivity contribution in [3.63, 3.8) is 0 Å². The van der Waals surface area contributed by atoms with Crippen LogP contribution in [-0.2, 0) is 21.4 Å². The lowest BCUT2D eigenvalue weighted by Gasteiger charge is -2.26. The van der Waals surface area contributed by atoms with Gasteiger partial charge >= 0.3 is 0 Å². The molecule has 150 valence electrons. The van der Waals surface area contributed by atoms with Crippen molar-refractivity contribution >= 4 is 21.6 Å². The molecule has 1 aliphatic heterocycles. The third kappa shape index (κ3) is 4.35. The average Bonchev–Trinajstić information content (AvgIpc) is 3.18. The van der Waals surface area contributed by atoms with Crippen molar-refractivity contribution in [2.75, 3.05) is 17.9 Å². The molecule has 28 heavy (non-hydrogen) atoms. The third-order valence-electron chi connectivity index (χ3n) is 4.96. The highest BCUT2D eigenvalue weighted by molar-refractivity contribution is 7.93. The number of rotatable bonds is 6. The molecule has 2 aromatic rings. The van der Waals surface area contributed by atoms with E-state index in [1.807, 2.05) is 50.2 Å². The zero-order valence-electron chi connectivity index (χ0n) is 16.3. The zero-order valence-corrected chi connectivity index (χ0v) is 17.1. The highest BCUT2D eigenvalue weighted by atomic mass is 32.2. The second-order valence-electron chi connectivity index (χ2n) is 7.10. The van der Waals surface area contributed by atoms with Crippen molar-refractivity contribution in [3.05, 3.63) is 65.2 Å². The highest BCUT2D eigenvalue weighted by Gasteiger charge is 2.43. The first kappa shape index (κ1) is 20.3. The number of carbonyl (C=O) groups is 1. The van der Waals surface area contributed by atoms with Crippen molar-refractivity contribution < 1.29 is 13.2 Å². The van der Waals surface area contributed by atoms with E-state index >= 15 is 0 Å². The van der Waals surface area contributed by atoms with Gasteiger partial charge in [-0.1, -0.05) is 47.5 Å². The first-order valence-corrected chi connectivity index (χ1v) is 10.7. The molecular formula is C20H26N4O3S. The molecule has 0 aromatic heterocycles. The fourth-order valence-electron chi connectivity index (χ4n) is 3.09. The number of amides is 1. The van der Waals surface area contributed by atoms with E-state index in [9.17, 15) is 13.2 Å². The first-order chi connectivity index (χ1) is 13.3. The van der Waals surface area contributed by atoms with E-state index in [0.717, 1.165) is 16.7 Å². The number of nitrogens with zero attached hydrogens (tertiary/aromatic N) is 1. The molecule has 7 nitrogen and oxygen atoms in total. The first-order valence-electron chi connectivity index (χ1n) is 9.15. The lowest BCUT2D eigenvalue weighted by molar-refractivity contribution is -0.124. The molecule has 0 bridgehead atoms. The minimum atomic E-state index is -3.79. The van der Waals surface area contributed by atoms with Gasteiger partial charge < -0.3 is 5.32 Å². The van der Waals surface area contributed by atoms with Gasteiger partial charge in [-0.3, -0.25) is 14.5 Å². The maximum Gasteiger partial charge on any atom is 0.253 e. The van der Waals surface area contributed by atoms with Gasteiger partial charge in [0.1, 0.15) is 0 Å². The fourth-order valence-corrected chi connectivity index (χ4v) is 4.71. The van der Waals surface area contributed by atoms with Gasteiger partial charge in [-0.15, -0.1) is 0 Å². The van der Waals surface area contributed by atoms with Gasteiger partial charge in [0, 0.05) is 20.1 Å². The normalized spacial score (nSPS) is 19.4. The lowest BCUT2D eigenvalue weighted by Crippen LogP contribution is -2.49. The summed E-state index contributed by atoms with van der Waals surface area (Å²) < 4.78 is 27.4. The van der Waals surface area contributed by atoms with Crippen LogP contribution in [0.1, 0.15) is 16.7 Å². The van der Waals surface area contributed by atoms with Crippen molar-refractivity contribution in [2.24, 2.45) is 5.92 Å². The summed E-state index contributed by atoms with van der Waals surface area (Å²) in [6, 6.07) is 15.1. The van der Waals surface area contributed by atoms with Crippen molar-refractivity contribution in [3.8, 4) is 0 Å². The van der Waals surface area contributed by atoms with Crippen LogP contribution < -0.4 is 20.5 Å². The monoisotopic (exact) mass is 402 g/mol. The summed E-state index contributed by atoms with van der Waals surface area (Å²) in [6.45, 7) is 4.54. The minimum Gasteiger partial charge on any atom is -0.352 e. The molecule has 0 radical (unpaired) electrons. The summed E-state index contributed by atoms with van der Waals surface area (Å²) in [5, 5.41) is 1.80. The molecule has 3 rings (SSSR count). The van der Waals surface area contributed by atoms with Gasteiger partial charge in [0.05, 0.1) is 11.6 Å². The molecule has 2 atom stereocenters. The number of carbonyl (C=O) groups excluding carboxylic acids is 1. The van der Waals surface area contributed by atoms with E-state index in [4.69, 9.17) is 0 Å². The molecule has 8 heteroatoms. The standard InChI is InChI=1S/C20H26N4O3S/c1-14-4-8-16(9-5-14)12-21-19(25)18-13-22-23-20(18)28(26,27)24(3)17-10-6-15(2)7-11-17/h4-11,18,20,22-23H,12-13H2,1-3H3,(H,21,25). The molecule has 0 spiro atoms. The van der Waals surface area contributed by atoms with Crippen molar-refractivity contribution in [1.82, 2.24) is 16.2 Å². The summed E-state index contributed by atoms with van der Waals surface area (Å²) in [4.78, 5) is 12.7. The Balaban J connectivity index is 1.70. The van der Waals surface area contributed by atoms with Crippen LogP contribution >= 0.6 is 0 Å². The van der Waals surface area contributed by atoms with Crippen LogP contribution in [0.25, 0.3) is 0 Å². The fraction of sp³-hybridized carbons (Fsp3) is 0.350. The molecule has 1 amide bonds. The van der Waals surface area contributed by atoms with E-state index in [0.29, 0.717) is 12.2 Å². The zero-order chi connectivity index (χ0) is 20.3. The van der Waals surface area contributed by atoms with Crippen LogP contribution in [-0.4, -0.2) is 33.3 Å². The second-order valence-corrected chi connectivity index (χ2v) is 9.19. The number of benzene rings is 2. The Hall–Kier alpha value is -2.42. The van der Waals surface area contributed by atoms with Crippen molar-refractivity contribution in [1.29, 1.82) is 0 Å². The molecule has 2 unspecified atom stereocenters. The molecule has 0 saturated carbocycles. The third-order valence-corrected chi connectivity index (χ3v) is 7.02. The van der Waals surface area contributed by atoms with Gasteiger partial charge in [-0.05, 0) is 31.5 Å². The second kappa shape index (κ2) is 8.30. The van der Waals surface area contributed by atoms with E-state index in [1.54, 1.807) is 12.1 Å². The molecule has 3 N–H and O–H groups in total. The number of nitrogens with one attached hydrogen (secondary N) is 3. The smallest absolute Gasteiger partial charge is 0.253 e. The van der Waals surface area contributed by atoms with Gasteiger partial charge in [0.25, 0.3) is 10.0 Å². The van der Waals surface area contributed by atoms with Gasteiger partial charge in [-0.25, -0.2) is 13.8 Å². The Morgan fingerprint density at radius 2 is 1.64 bits per heavy atom. The van der Waals surface area contributed by atoms with Gasteiger partial charge in [0.2, 0.25) is 5.91 Å². The van der Waals surface area contributed by atoms with Crippen molar-refractivity contribution in [2.45, 2.75) is 25.8 Å². The molecule has 1 heterocycles. The number of hydrogen-bond donors (Lipinski definition) is 3. The summed E-state index contributed by atoms with van der Waals surface area (Å²) in [5.41, 5.74) is 9.28. The predicted octanol–water partition coefficient (Wildman–Crippen LogP) is 1.44. The Bertz CT molecular complexity index is 927. The minimum absolute atomic E-state index is 0.241. The number of hydrazine groups is 1. The highest BCUT2D eigenvalue weighted by Crippen LogP contribution is 2.23. The Morgan fingerprint density at radius 3 is 2.25 bits per heavy atom. The molecule has 1 fully saturated rings. The molecule has 0 aliphatic carbocycles. The average molecular weight is 403 g/mol. The van der Waals surface area contributed by atoms with E-state index in [-0.39, 0.29) is 12.5 Å². The van der Waals surface area contributed by atoms with Gasteiger partial charge in [-0.2, -0.15) is 0 Å². The summed E-state index contributed by atoms with van der Waals surface area (Å²) in [7, 11) is -2.29. The molecule has 1 saturated heterocycles. The van der Waals surface area contributed by atoms with E-state index in [1.165, 1.54) is 11.4 Å². The topological polar surface area (TPSA) is 90.5 Å². The Morgan fingerprint density at radius 1 is 1.07 bits per heavy atom. The van der Waals surface area contributed by atoms with E-state index < -0.39 is 21.3 Å². The van der Waals surface area contributed by atoms with Crippen LogP contribution in [0.3, 0.4) is 0 Å². The number of anilines is 1. The van der Waals surface area contributed by atoms with Crippen LogP contribution in [0.15, 0.2) is 48.5 Å². The summed E-state index contributed by atoms with van der Waals surface area (Å²) >= 11 is 0. The largest absolute Gasteiger partial charge is 0.352 e. The summed E-state index contributed by atoms with van der Waals surface area (Å²) in [6.07, 6.45) is 0. The number of aryl methyl sites for hydroxylation is 2. The van der Waals surface area contributed by atoms with Gasteiger partial charge in [0.15, 0.2) is 5.37 Å². The Kier molecular flexibility index (Phi) is 6.02. The van der Waals surface area contributed by atoms with Crippen LogP contribution in [0.4, 0.5) is 5.69 Å². The maximum atomic E-state index is 13.1. The maximum absolute atomic E-state index is 13.1. The number of sulfonamides is 1. The number of hydrogen-bond acceptors (Lipinski definition) is 5.